The molecule has 0 fully saturated rings. The minimum Gasteiger partial charge on any atom is -0.508 e. The Morgan fingerprint density at radius 3 is 2.27 bits per heavy atom. The third-order valence-corrected chi connectivity index (χ3v) is 3.28. The highest BCUT2D eigenvalue weighted by molar-refractivity contribution is 9.11. The predicted octanol–water partition coefficient (Wildman–Crippen LogP) is 1.87. The number of hydrogen-bond acceptors (Lipinski definition) is 3. The highest BCUT2D eigenvalue weighted by atomic mass is 79.9. The van der Waals surface area contributed by atoms with Crippen molar-refractivity contribution < 1.29 is 15.0 Å². The van der Waals surface area contributed by atoms with E-state index in [4.69, 9.17) is 10.8 Å². The molecule has 1 aromatic rings. The molecule has 0 aromatic heterocycles. The van der Waals surface area contributed by atoms with Crippen LogP contribution in [0.1, 0.15) is 5.56 Å². The lowest BCUT2D eigenvalue weighted by Gasteiger charge is -2.11. The lowest BCUT2D eigenvalue weighted by molar-refractivity contribution is -0.138. The summed E-state index contributed by atoms with van der Waals surface area (Å²) in [6.45, 7) is 0. The van der Waals surface area contributed by atoms with Gasteiger partial charge in [-0.05, 0) is 17.7 Å². The summed E-state index contributed by atoms with van der Waals surface area (Å²) in [6, 6.07) is 2.03. The van der Waals surface area contributed by atoms with E-state index in [1.807, 2.05) is 0 Å². The molecule has 0 amide bonds. The molecule has 0 spiro atoms. The number of carboxylic acid groups (broad SMARTS) is 1. The molecule has 0 radical (unpaired) electrons. The molecule has 4 N–H and O–H groups in total. The number of aromatic hydroxyl groups is 1. The van der Waals surface area contributed by atoms with E-state index in [0.29, 0.717) is 8.95 Å². The highest BCUT2D eigenvalue weighted by Gasteiger charge is 2.16. The fraction of sp³-hybridized carbons (Fsp3) is 0.222. The van der Waals surface area contributed by atoms with Gasteiger partial charge in [0.05, 0.1) is 0 Å². The van der Waals surface area contributed by atoms with Crippen LogP contribution < -0.4 is 5.73 Å². The Labute approximate surface area is 103 Å². The van der Waals surface area contributed by atoms with Crippen LogP contribution >= 0.6 is 31.9 Å². The number of phenolic OH excluding ortho intramolecular Hbond substituents is 1. The van der Waals surface area contributed by atoms with E-state index in [1.54, 1.807) is 0 Å². The average Bonchev–Trinajstić information content (AvgIpc) is 2.10. The summed E-state index contributed by atoms with van der Waals surface area (Å²) >= 11 is 6.47. The number of rotatable bonds is 3. The Balaban J connectivity index is 3.00. The monoisotopic (exact) mass is 337 g/mol. The molecule has 0 aliphatic heterocycles. The van der Waals surface area contributed by atoms with Gasteiger partial charge in [0.2, 0.25) is 0 Å². The van der Waals surface area contributed by atoms with Gasteiger partial charge in [0.15, 0.2) is 0 Å². The molecule has 0 aliphatic carbocycles. The van der Waals surface area contributed by atoms with Crippen LogP contribution in [0.3, 0.4) is 0 Å². The number of aliphatic carboxylic acids is 1. The summed E-state index contributed by atoms with van der Waals surface area (Å²) in [4.78, 5) is 10.6. The van der Waals surface area contributed by atoms with Crippen molar-refractivity contribution in [1.29, 1.82) is 0 Å². The summed E-state index contributed by atoms with van der Waals surface area (Å²) in [5.41, 5.74) is 6.15. The van der Waals surface area contributed by atoms with Crippen molar-refractivity contribution in [2.24, 2.45) is 5.73 Å². The van der Waals surface area contributed by atoms with E-state index in [2.05, 4.69) is 31.9 Å². The van der Waals surface area contributed by atoms with Crippen LogP contribution in [0.2, 0.25) is 0 Å². The van der Waals surface area contributed by atoms with Crippen molar-refractivity contribution in [1.82, 2.24) is 0 Å². The van der Waals surface area contributed by atoms with Gasteiger partial charge in [-0.15, -0.1) is 0 Å². The zero-order valence-electron chi connectivity index (χ0n) is 7.58. The SMILES string of the molecule is N[C@@H](Cc1c(Br)cc(O)cc1Br)C(=O)O. The minimum atomic E-state index is -1.05. The highest BCUT2D eigenvalue weighted by Crippen LogP contribution is 2.30. The quantitative estimate of drug-likeness (QED) is 0.785. The lowest BCUT2D eigenvalue weighted by Crippen LogP contribution is -2.32. The normalized spacial score (nSPS) is 12.5. The third-order valence-electron chi connectivity index (χ3n) is 1.87. The average molecular weight is 339 g/mol. The molecule has 1 atom stereocenters. The third kappa shape index (κ3) is 3.19. The van der Waals surface area contributed by atoms with Crippen LogP contribution in [0.4, 0.5) is 0 Å². The maximum atomic E-state index is 10.6. The maximum Gasteiger partial charge on any atom is 0.320 e. The van der Waals surface area contributed by atoms with E-state index < -0.39 is 12.0 Å². The number of carboxylic acids is 1. The van der Waals surface area contributed by atoms with Crippen molar-refractivity contribution in [3.8, 4) is 5.75 Å². The van der Waals surface area contributed by atoms with Crippen molar-refractivity contribution in [3.05, 3.63) is 26.6 Å². The van der Waals surface area contributed by atoms with Gasteiger partial charge in [-0.2, -0.15) is 0 Å². The molecule has 82 valence electrons. The molecule has 0 bridgehead atoms. The summed E-state index contributed by atoms with van der Waals surface area (Å²) in [5, 5.41) is 17.9. The van der Waals surface area contributed by atoms with Gasteiger partial charge < -0.3 is 15.9 Å². The number of benzene rings is 1. The molecular weight excluding hydrogens is 330 g/mol. The van der Waals surface area contributed by atoms with Crippen LogP contribution in [0, 0.1) is 0 Å². The van der Waals surface area contributed by atoms with E-state index in [0.717, 1.165) is 5.56 Å². The second-order valence-corrected chi connectivity index (χ2v) is 4.75. The molecule has 4 nitrogen and oxygen atoms in total. The van der Waals surface area contributed by atoms with Crippen molar-refractivity contribution >= 4 is 37.8 Å². The van der Waals surface area contributed by atoms with Gasteiger partial charge >= 0.3 is 5.97 Å². The molecule has 6 heteroatoms. The molecule has 0 aliphatic rings. The molecule has 1 aromatic carbocycles. The molecule has 0 heterocycles. The molecule has 1 rings (SSSR count). The van der Waals surface area contributed by atoms with Gasteiger partial charge in [0.1, 0.15) is 11.8 Å². The zero-order valence-corrected chi connectivity index (χ0v) is 10.7. The van der Waals surface area contributed by atoms with E-state index >= 15 is 0 Å². The first-order valence-corrected chi connectivity index (χ1v) is 5.65. The fourth-order valence-electron chi connectivity index (χ4n) is 1.09. The summed E-state index contributed by atoms with van der Waals surface area (Å²) in [7, 11) is 0. The molecular formula is C9H9Br2NO3. The number of nitrogens with two attached hydrogens (primary N) is 1. The van der Waals surface area contributed by atoms with Crippen LogP contribution in [-0.2, 0) is 11.2 Å². The maximum absolute atomic E-state index is 10.6. The predicted molar refractivity (Wildman–Crippen MR) is 62.8 cm³/mol. The second-order valence-electron chi connectivity index (χ2n) is 3.04. The van der Waals surface area contributed by atoms with Gasteiger partial charge in [0, 0.05) is 15.4 Å². The van der Waals surface area contributed by atoms with Gasteiger partial charge in [-0.3, -0.25) is 4.79 Å². The Kier molecular flexibility index (Phi) is 4.12. The van der Waals surface area contributed by atoms with Crippen molar-refractivity contribution in [2.45, 2.75) is 12.5 Å². The lowest BCUT2D eigenvalue weighted by atomic mass is 10.1. The van der Waals surface area contributed by atoms with Crippen molar-refractivity contribution in [3.63, 3.8) is 0 Å². The smallest absolute Gasteiger partial charge is 0.320 e. The Morgan fingerprint density at radius 1 is 1.40 bits per heavy atom. The number of carbonyl (C=O) groups is 1. The first-order chi connectivity index (χ1) is 6.91. The summed E-state index contributed by atoms with van der Waals surface area (Å²) < 4.78 is 1.26. The summed E-state index contributed by atoms with van der Waals surface area (Å²) in [6.07, 6.45) is 0.191. The van der Waals surface area contributed by atoms with Gasteiger partial charge in [-0.1, -0.05) is 31.9 Å². The zero-order chi connectivity index (χ0) is 11.6. The second kappa shape index (κ2) is 4.96. The largest absolute Gasteiger partial charge is 0.508 e. The van der Waals surface area contributed by atoms with Crippen LogP contribution in [0.15, 0.2) is 21.1 Å². The standard InChI is InChI=1S/C9H9Br2NO3/c10-6-1-4(13)2-7(11)5(6)3-8(12)9(14)15/h1-2,8,13H,3,12H2,(H,14,15)/t8-/m0/s1. The minimum absolute atomic E-state index is 0.0985. The van der Waals surface area contributed by atoms with Gasteiger partial charge in [0.25, 0.3) is 0 Å². The van der Waals surface area contributed by atoms with Crippen LogP contribution in [0.5, 0.6) is 5.75 Å². The van der Waals surface area contributed by atoms with Crippen LogP contribution in [0.25, 0.3) is 0 Å². The first-order valence-electron chi connectivity index (χ1n) is 4.07. The first kappa shape index (κ1) is 12.5. The summed E-state index contributed by atoms with van der Waals surface area (Å²) in [5.74, 6) is -0.955. The Hall–Kier alpha value is -0.590. The Morgan fingerprint density at radius 2 is 1.87 bits per heavy atom. The molecule has 0 unspecified atom stereocenters. The number of hydrogen-bond donors (Lipinski definition) is 3. The van der Waals surface area contributed by atoms with E-state index in [9.17, 15) is 9.90 Å². The van der Waals surface area contributed by atoms with Crippen molar-refractivity contribution in [2.75, 3.05) is 0 Å². The van der Waals surface area contributed by atoms with Gasteiger partial charge in [-0.25, -0.2) is 0 Å². The van der Waals surface area contributed by atoms with E-state index in [1.165, 1.54) is 12.1 Å². The number of halogens is 2. The Bertz CT molecular complexity index is 372. The van der Waals surface area contributed by atoms with E-state index in [-0.39, 0.29) is 12.2 Å². The number of phenols is 1. The molecule has 0 saturated heterocycles. The molecule has 0 saturated carbocycles. The topological polar surface area (TPSA) is 83.5 Å². The van der Waals surface area contributed by atoms with Crippen LogP contribution in [-0.4, -0.2) is 22.2 Å². The fourth-order valence-corrected chi connectivity index (χ4v) is 2.58. The molecule has 15 heavy (non-hydrogen) atoms.